The Bertz CT molecular complexity index is 559. The number of carboxylic acid groups (broad SMARTS) is 1. The third-order valence-corrected chi connectivity index (χ3v) is 4.76. The normalized spacial score (nSPS) is 20.1. The van der Waals surface area contributed by atoms with Crippen molar-refractivity contribution in [3.05, 3.63) is 34.3 Å². The van der Waals surface area contributed by atoms with Crippen molar-refractivity contribution in [1.29, 1.82) is 0 Å². The number of halogens is 1. The van der Waals surface area contributed by atoms with Crippen LogP contribution < -0.4 is 5.32 Å². The fraction of sp³-hybridized carbons (Fsp3) is 0.529. The largest absolute Gasteiger partial charge is 0.480 e. The van der Waals surface area contributed by atoms with Crippen LogP contribution in [0.2, 0.25) is 0 Å². The van der Waals surface area contributed by atoms with Crippen molar-refractivity contribution in [2.45, 2.75) is 44.7 Å². The fourth-order valence-electron chi connectivity index (χ4n) is 2.93. The van der Waals surface area contributed by atoms with Crippen molar-refractivity contribution < 1.29 is 14.7 Å². The second-order valence-corrected chi connectivity index (χ2v) is 6.89. The Morgan fingerprint density at radius 2 is 2.13 bits per heavy atom. The summed E-state index contributed by atoms with van der Waals surface area (Å²) >= 11 is 3.43. The first kappa shape index (κ1) is 17.9. The molecule has 0 spiro atoms. The molecule has 1 aliphatic carbocycles. The number of carbonyl (C=O) groups is 2. The number of benzene rings is 1. The van der Waals surface area contributed by atoms with Crippen LogP contribution in [0.1, 0.15) is 31.7 Å². The summed E-state index contributed by atoms with van der Waals surface area (Å²) in [7, 11) is 0. The van der Waals surface area contributed by atoms with E-state index in [9.17, 15) is 9.59 Å². The monoisotopic (exact) mass is 382 g/mol. The van der Waals surface area contributed by atoms with Crippen molar-refractivity contribution in [3.8, 4) is 0 Å². The molecule has 1 aromatic rings. The molecule has 5 nitrogen and oxygen atoms in total. The topological polar surface area (TPSA) is 69.6 Å². The van der Waals surface area contributed by atoms with E-state index in [4.69, 9.17) is 5.11 Å². The van der Waals surface area contributed by atoms with Crippen molar-refractivity contribution >= 4 is 27.8 Å². The molecule has 126 valence electrons. The number of carbonyl (C=O) groups excluding carboxylic acids is 1. The van der Waals surface area contributed by atoms with Crippen LogP contribution in [0.25, 0.3) is 0 Å². The number of likely N-dealkylation sites (N-methyl/N-ethyl adjacent to an activating group) is 1. The number of hydrogen-bond donors (Lipinski definition) is 2. The average Bonchev–Trinajstić information content (AvgIpc) is 2.46. The van der Waals surface area contributed by atoms with Gasteiger partial charge in [0.15, 0.2) is 0 Å². The van der Waals surface area contributed by atoms with Crippen LogP contribution in [-0.2, 0) is 16.0 Å². The number of nitrogens with zero attached hydrogens (tertiary/aromatic N) is 1. The third-order valence-electron chi connectivity index (χ3n) is 4.27. The van der Waals surface area contributed by atoms with Gasteiger partial charge in [0.2, 0.25) is 5.91 Å². The van der Waals surface area contributed by atoms with Gasteiger partial charge in [0, 0.05) is 23.0 Å². The van der Waals surface area contributed by atoms with Crippen molar-refractivity contribution in [1.82, 2.24) is 10.2 Å². The summed E-state index contributed by atoms with van der Waals surface area (Å²) in [6, 6.07) is 8.43. The van der Waals surface area contributed by atoms with E-state index in [1.54, 1.807) is 0 Å². The second kappa shape index (κ2) is 8.45. The highest BCUT2D eigenvalue weighted by Gasteiger charge is 2.34. The summed E-state index contributed by atoms with van der Waals surface area (Å²) in [5.41, 5.74) is 1.14. The number of aryl methyl sites for hydroxylation is 1. The van der Waals surface area contributed by atoms with Gasteiger partial charge in [0.1, 0.15) is 0 Å². The standard InChI is InChI=1S/C17H23BrN2O3/c1-2-20(11-17(22)23)15-9-14(10-15)19-16(21)7-6-12-4-3-5-13(18)8-12/h3-5,8,14-15H,2,6-7,9-11H2,1H3,(H,19,21)(H,22,23). The first-order valence-electron chi connectivity index (χ1n) is 7.97. The van der Waals surface area contributed by atoms with Gasteiger partial charge in [-0.05, 0) is 43.5 Å². The number of rotatable bonds is 8. The molecule has 1 fully saturated rings. The zero-order valence-electron chi connectivity index (χ0n) is 13.3. The highest BCUT2D eigenvalue weighted by Crippen LogP contribution is 2.25. The molecule has 6 heteroatoms. The molecular weight excluding hydrogens is 360 g/mol. The molecule has 1 saturated carbocycles. The minimum Gasteiger partial charge on any atom is -0.480 e. The van der Waals surface area contributed by atoms with Crippen LogP contribution in [-0.4, -0.2) is 47.1 Å². The fourth-order valence-corrected chi connectivity index (χ4v) is 3.37. The van der Waals surface area contributed by atoms with Gasteiger partial charge in [-0.1, -0.05) is 35.0 Å². The van der Waals surface area contributed by atoms with Gasteiger partial charge in [-0.25, -0.2) is 0 Å². The first-order chi connectivity index (χ1) is 11.0. The quantitative estimate of drug-likeness (QED) is 0.724. The molecule has 2 N–H and O–H groups in total. The zero-order valence-corrected chi connectivity index (χ0v) is 14.9. The maximum atomic E-state index is 12.0. The summed E-state index contributed by atoms with van der Waals surface area (Å²) < 4.78 is 1.02. The van der Waals surface area contributed by atoms with E-state index in [1.165, 1.54) is 0 Å². The van der Waals surface area contributed by atoms with E-state index in [1.807, 2.05) is 36.1 Å². The lowest BCUT2D eigenvalue weighted by Gasteiger charge is -2.42. The summed E-state index contributed by atoms with van der Waals surface area (Å²) in [6.07, 6.45) is 2.87. The SMILES string of the molecule is CCN(CC(=O)O)C1CC(NC(=O)CCc2cccc(Br)c2)C1. The lowest BCUT2D eigenvalue weighted by Crippen LogP contribution is -2.54. The highest BCUT2D eigenvalue weighted by molar-refractivity contribution is 9.10. The molecule has 23 heavy (non-hydrogen) atoms. The van der Waals surface area contributed by atoms with E-state index in [-0.39, 0.29) is 24.5 Å². The summed E-state index contributed by atoms with van der Waals surface area (Å²) in [5.74, 6) is -0.733. The lowest BCUT2D eigenvalue weighted by molar-refractivity contribution is -0.139. The molecule has 0 heterocycles. The predicted octanol–water partition coefficient (Wildman–Crippen LogP) is 2.44. The van der Waals surface area contributed by atoms with E-state index in [2.05, 4.69) is 21.2 Å². The number of carboxylic acids is 1. The molecule has 2 rings (SSSR count). The third kappa shape index (κ3) is 5.62. The molecule has 1 aromatic carbocycles. The number of hydrogen-bond acceptors (Lipinski definition) is 3. The molecule has 0 aromatic heterocycles. The molecular formula is C17H23BrN2O3. The Morgan fingerprint density at radius 1 is 1.39 bits per heavy atom. The first-order valence-corrected chi connectivity index (χ1v) is 8.77. The van der Waals surface area contributed by atoms with E-state index < -0.39 is 5.97 Å². The molecule has 0 atom stereocenters. The van der Waals surface area contributed by atoms with E-state index in [0.29, 0.717) is 6.42 Å². The van der Waals surface area contributed by atoms with E-state index in [0.717, 1.165) is 35.8 Å². The summed E-state index contributed by atoms with van der Waals surface area (Å²) in [5, 5.41) is 11.9. The number of nitrogens with one attached hydrogen (secondary N) is 1. The summed E-state index contributed by atoms with van der Waals surface area (Å²) in [4.78, 5) is 24.8. The van der Waals surface area contributed by atoms with Crippen LogP contribution >= 0.6 is 15.9 Å². The molecule has 0 radical (unpaired) electrons. The van der Waals surface area contributed by atoms with Crippen molar-refractivity contribution in [2.75, 3.05) is 13.1 Å². The molecule has 0 unspecified atom stereocenters. The zero-order chi connectivity index (χ0) is 16.8. The van der Waals surface area contributed by atoms with E-state index >= 15 is 0 Å². The Hall–Kier alpha value is -1.40. The van der Waals surface area contributed by atoms with Crippen LogP contribution in [0.15, 0.2) is 28.7 Å². The lowest BCUT2D eigenvalue weighted by atomic mass is 9.85. The van der Waals surface area contributed by atoms with Gasteiger partial charge in [0.05, 0.1) is 6.54 Å². The van der Waals surface area contributed by atoms with Gasteiger partial charge in [-0.2, -0.15) is 0 Å². The van der Waals surface area contributed by atoms with Crippen molar-refractivity contribution in [2.24, 2.45) is 0 Å². The molecule has 1 amide bonds. The number of amides is 1. The maximum absolute atomic E-state index is 12.0. The minimum absolute atomic E-state index is 0.0645. The van der Waals surface area contributed by atoms with Gasteiger partial charge in [0.25, 0.3) is 0 Å². The minimum atomic E-state index is -0.798. The Kier molecular flexibility index (Phi) is 6.59. The van der Waals surface area contributed by atoms with Gasteiger partial charge in [-0.3, -0.25) is 14.5 Å². The molecule has 0 saturated heterocycles. The highest BCUT2D eigenvalue weighted by atomic mass is 79.9. The van der Waals surface area contributed by atoms with Crippen LogP contribution in [0.3, 0.4) is 0 Å². The molecule has 1 aliphatic rings. The smallest absolute Gasteiger partial charge is 0.317 e. The number of aliphatic carboxylic acids is 1. The Labute approximate surface area is 145 Å². The van der Waals surface area contributed by atoms with Crippen molar-refractivity contribution in [3.63, 3.8) is 0 Å². The van der Waals surface area contributed by atoms with Gasteiger partial charge in [-0.15, -0.1) is 0 Å². The Balaban J connectivity index is 1.68. The molecule has 0 aliphatic heterocycles. The van der Waals surface area contributed by atoms with Crippen LogP contribution in [0.4, 0.5) is 0 Å². The predicted molar refractivity (Wildman–Crippen MR) is 92.3 cm³/mol. The van der Waals surface area contributed by atoms with Crippen LogP contribution in [0, 0.1) is 0 Å². The van der Waals surface area contributed by atoms with Gasteiger partial charge >= 0.3 is 5.97 Å². The molecule has 0 bridgehead atoms. The second-order valence-electron chi connectivity index (χ2n) is 5.98. The average molecular weight is 383 g/mol. The van der Waals surface area contributed by atoms with Crippen LogP contribution in [0.5, 0.6) is 0 Å². The maximum Gasteiger partial charge on any atom is 0.317 e. The summed E-state index contributed by atoms with van der Waals surface area (Å²) in [6.45, 7) is 2.76. The Morgan fingerprint density at radius 3 is 2.74 bits per heavy atom. The van der Waals surface area contributed by atoms with Gasteiger partial charge < -0.3 is 10.4 Å².